The van der Waals surface area contributed by atoms with Crippen molar-refractivity contribution in [1.29, 1.82) is 0 Å². The molecule has 0 aliphatic rings. The number of carboxylic acid groups (broad SMARTS) is 1. The standard InChI is InChI=1S/C9H11NO2.C2HF3O2/c10-6-7-12-9(11)8-4-2-1-3-5-8;3-2(4,5)1(6)7/h1-5H,6-7,10H2;(H,6,7). The Morgan fingerprint density at radius 2 is 1.68 bits per heavy atom. The lowest BCUT2D eigenvalue weighted by molar-refractivity contribution is -0.192. The molecule has 0 unspecified atom stereocenters. The number of rotatable bonds is 3. The third-order valence-electron chi connectivity index (χ3n) is 1.60. The van der Waals surface area contributed by atoms with Crippen molar-refractivity contribution in [2.24, 2.45) is 5.73 Å². The van der Waals surface area contributed by atoms with Gasteiger partial charge in [-0.3, -0.25) is 0 Å². The van der Waals surface area contributed by atoms with E-state index < -0.39 is 12.1 Å². The third kappa shape index (κ3) is 7.77. The molecule has 1 rings (SSSR count). The van der Waals surface area contributed by atoms with E-state index in [2.05, 4.69) is 0 Å². The van der Waals surface area contributed by atoms with Gasteiger partial charge in [0.15, 0.2) is 0 Å². The number of aliphatic carboxylic acids is 1. The first-order chi connectivity index (χ1) is 8.79. The number of benzene rings is 1. The molecule has 0 aliphatic heterocycles. The summed E-state index contributed by atoms with van der Waals surface area (Å²) < 4.78 is 36.5. The molecule has 19 heavy (non-hydrogen) atoms. The summed E-state index contributed by atoms with van der Waals surface area (Å²) in [7, 11) is 0. The fourth-order valence-electron chi connectivity index (χ4n) is 0.809. The summed E-state index contributed by atoms with van der Waals surface area (Å²) >= 11 is 0. The van der Waals surface area contributed by atoms with Crippen LogP contribution >= 0.6 is 0 Å². The van der Waals surface area contributed by atoms with Gasteiger partial charge in [0.25, 0.3) is 0 Å². The van der Waals surface area contributed by atoms with Gasteiger partial charge in [-0.1, -0.05) is 18.2 Å². The van der Waals surface area contributed by atoms with Gasteiger partial charge < -0.3 is 15.6 Å². The van der Waals surface area contributed by atoms with Crippen LogP contribution in [0.1, 0.15) is 10.4 Å². The maximum absolute atomic E-state index is 11.1. The first-order valence-corrected chi connectivity index (χ1v) is 5.01. The molecule has 5 nitrogen and oxygen atoms in total. The summed E-state index contributed by atoms with van der Waals surface area (Å²) in [6.07, 6.45) is -5.08. The number of hydrogen-bond donors (Lipinski definition) is 2. The quantitative estimate of drug-likeness (QED) is 0.817. The molecule has 0 amide bonds. The van der Waals surface area contributed by atoms with Crippen molar-refractivity contribution < 1.29 is 32.6 Å². The predicted molar refractivity (Wildman–Crippen MR) is 59.5 cm³/mol. The molecule has 0 aromatic heterocycles. The minimum Gasteiger partial charge on any atom is -0.475 e. The molecule has 0 aliphatic carbocycles. The number of nitrogens with two attached hydrogens (primary N) is 1. The summed E-state index contributed by atoms with van der Waals surface area (Å²) in [5, 5.41) is 7.12. The van der Waals surface area contributed by atoms with Crippen molar-refractivity contribution >= 4 is 11.9 Å². The SMILES string of the molecule is NCCOC(=O)c1ccccc1.O=C(O)C(F)(F)F. The van der Waals surface area contributed by atoms with Crippen LogP contribution in [0.2, 0.25) is 0 Å². The number of hydrogen-bond acceptors (Lipinski definition) is 4. The van der Waals surface area contributed by atoms with E-state index in [4.69, 9.17) is 20.4 Å². The molecule has 3 N–H and O–H groups in total. The molecule has 0 heterocycles. The fourth-order valence-corrected chi connectivity index (χ4v) is 0.809. The molecule has 1 aromatic carbocycles. The highest BCUT2D eigenvalue weighted by Crippen LogP contribution is 2.13. The van der Waals surface area contributed by atoms with Crippen molar-refractivity contribution in [2.45, 2.75) is 6.18 Å². The molecule has 8 heteroatoms. The second-order valence-electron chi connectivity index (χ2n) is 3.09. The number of carbonyl (C=O) groups is 2. The van der Waals surface area contributed by atoms with Gasteiger partial charge >= 0.3 is 18.1 Å². The molecule has 0 atom stereocenters. The number of halogens is 3. The Balaban J connectivity index is 0.000000399. The Morgan fingerprint density at radius 3 is 2.05 bits per heavy atom. The Bertz CT molecular complexity index is 406. The zero-order chi connectivity index (χ0) is 14.9. The molecule has 0 saturated heterocycles. The van der Waals surface area contributed by atoms with Crippen molar-refractivity contribution in [2.75, 3.05) is 13.2 Å². The largest absolute Gasteiger partial charge is 0.490 e. The van der Waals surface area contributed by atoms with Crippen molar-refractivity contribution in [3.63, 3.8) is 0 Å². The van der Waals surface area contributed by atoms with E-state index in [0.29, 0.717) is 12.1 Å². The summed E-state index contributed by atoms with van der Waals surface area (Å²) in [6, 6.07) is 8.84. The van der Waals surface area contributed by atoms with Crippen LogP contribution in [-0.4, -0.2) is 36.4 Å². The van der Waals surface area contributed by atoms with Gasteiger partial charge in [0, 0.05) is 6.54 Å². The second-order valence-corrected chi connectivity index (χ2v) is 3.09. The van der Waals surface area contributed by atoms with E-state index in [9.17, 15) is 18.0 Å². The third-order valence-corrected chi connectivity index (χ3v) is 1.60. The Kier molecular flexibility index (Phi) is 7.20. The van der Waals surface area contributed by atoms with E-state index in [-0.39, 0.29) is 12.6 Å². The Morgan fingerprint density at radius 1 is 1.21 bits per heavy atom. The molecule has 1 aromatic rings. The van der Waals surface area contributed by atoms with Crippen LogP contribution in [0.4, 0.5) is 13.2 Å². The van der Waals surface area contributed by atoms with Gasteiger partial charge in [-0.2, -0.15) is 13.2 Å². The number of carboxylic acids is 1. The van der Waals surface area contributed by atoms with Crippen molar-refractivity contribution in [1.82, 2.24) is 0 Å². The highest BCUT2D eigenvalue weighted by Gasteiger charge is 2.38. The van der Waals surface area contributed by atoms with Crippen LogP contribution in [0, 0.1) is 0 Å². The van der Waals surface area contributed by atoms with Crippen LogP contribution < -0.4 is 5.73 Å². The maximum atomic E-state index is 11.1. The first kappa shape index (κ1) is 16.9. The van der Waals surface area contributed by atoms with Crippen LogP contribution in [0.5, 0.6) is 0 Å². The van der Waals surface area contributed by atoms with Gasteiger partial charge in [0.2, 0.25) is 0 Å². The summed E-state index contributed by atoms with van der Waals surface area (Å²) in [5.41, 5.74) is 5.74. The Labute approximate surface area is 106 Å². The highest BCUT2D eigenvalue weighted by atomic mass is 19.4. The fraction of sp³-hybridized carbons (Fsp3) is 0.273. The molecular formula is C11H12F3NO4. The minimum absolute atomic E-state index is 0.272. The predicted octanol–water partition coefficient (Wildman–Crippen LogP) is 1.44. The molecule has 0 radical (unpaired) electrons. The molecular weight excluding hydrogens is 267 g/mol. The summed E-state index contributed by atoms with van der Waals surface area (Å²) in [4.78, 5) is 20.0. The van der Waals surface area contributed by atoms with Crippen LogP contribution in [-0.2, 0) is 9.53 Å². The van der Waals surface area contributed by atoms with Gasteiger partial charge in [-0.25, -0.2) is 9.59 Å². The zero-order valence-corrected chi connectivity index (χ0v) is 9.68. The van der Waals surface area contributed by atoms with Crippen molar-refractivity contribution in [3.8, 4) is 0 Å². The molecule has 0 spiro atoms. The minimum atomic E-state index is -5.08. The van der Waals surface area contributed by atoms with E-state index in [1.54, 1.807) is 24.3 Å². The number of ether oxygens (including phenoxy) is 1. The van der Waals surface area contributed by atoms with E-state index in [1.807, 2.05) is 6.07 Å². The number of alkyl halides is 3. The monoisotopic (exact) mass is 279 g/mol. The van der Waals surface area contributed by atoms with Crippen LogP contribution in [0.25, 0.3) is 0 Å². The average Bonchev–Trinajstić information content (AvgIpc) is 2.36. The van der Waals surface area contributed by atoms with E-state index >= 15 is 0 Å². The van der Waals surface area contributed by atoms with Crippen LogP contribution in [0.15, 0.2) is 30.3 Å². The van der Waals surface area contributed by atoms with E-state index in [0.717, 1.165) is 0 Å². The van der Waals surface area contributed by atoms with E-state index in [1.165, 1.54) is 0 Å². The zero-order valence-electron chi connectivity index (χ0n) is 9.68. The number of carbonyl (C=O) groups excluding carboxylic acids is 1. The lowest BCUT2D eigenvalue weighted by Crippen LogP contribution is -2.21. The van der Waals surface area contributed by atoms with Gasteiger partial charge in [0.1, 0.15) is 6.61 Å². The van der Waals surface area contributed by atoms with Gasteiger partial charge in [-0.05, 0) is 12.1 Å². The molecule has 106 valence electrons. The maximum Gasteiger partial charge on any atom is 0.490 e. The summed E-state index contributed by atoms with van der Waals surface area (Å²) in [6.45, 7) is 0.631. The van der Waals surface area contributed by atoms with Gasteiger partial charge in [-0.15, -0.1) is 0 Å². The smallest absolute Gasteiger partial charge is 0.475 e. The van der Waals surface area contributed by atoms with Crippen molar-refractivity contribution in [3.05, 3.63) is 35.9 Å². The molecule has 0 fully saturated rings. The normalized spacial score (nSPS) is 10.1. The topological polar surface area (TPSA) is 89.6 Å². The first-order valence-electron chi connectivity index (χ1n) is 5.01. The van der Waals surface area contributed by atoms with Crippen LogP contribution in [0.3, 0.4) is 0 Å². The molecule has 0 bridgehead atoms. The average molecular weight is 279 g/mol. The molecule has 0 saturated carbocycles. The lowest BCUT2D eigenvalue weighted by Gasteiger charge is -2.01. The Hall–Kier alpha value is -2.09. The number of esters is 1. The highest BCUT2D eigenvalue weighted by molar-refractivity contribution is 5.89. The summed E-state index contributed by atoms with van der Waals surface area (Å²) in [5.74, 6) is -3.08. The lowest BCUT2D eigenvalue weighted by atomic mass is 10.2. The second kappa shape index (κ2) is 8.09. The van der Waals surface area contributed by atoms with Gasteiger partial charge in [0.05, 0.1) is 5.56 Å².